The van der Waals surface area contributed by atoms with Crippen molar-refractivity contribution in [1.29, 1.82) is 0 Å². The Morgan fingerprint density at radius 2 is 1.65 bits per heavy atom. The number of fused-ring (bicyclic) bond motifs is 3. The molecule has 0 N–H and O–H groups in total. The highest BCUT2D eigenvalue weighted by molar-refractivity contribution is 5.96. The number of aromatic nitrogens is 2. The van der Waals surface area contributed by atoms with Crippen molar-refractivity contribution in [2.45, 2.75) is 46.5 Å². The zero-order valence-electron chi connectivity index (χ0n) is 30.0. The van der Waals surface area contributed by atoms with Gasteiger partial charge in [-0.3, -0.25) is 4.57 Å². The number of allylic oxidation sites excluding steroid dienone is 13. The average molecular weight is 663 g/mol. The summed E-state index contributed by atoms with van der Waals surface area (Å²) < 4.78 is 2.44. The van der Waals surface area contributed by atoms with Gasteiger partial charge in [0.15, 0.2) is 0 Å². The summed E-state index contributed by atoms with van der Waals surface area (Å²) in [7, 11) is 0. The third-order valence-corrected chi connectivity index (χ3v) is 11.1. The standard InChI is InChI=1S/C49H46N2/c1-35(37-17-8-4-9-18-37)31-41(32-36(2)38-19-10-5-11-20-38)45-23-16-24-48(50-45)51-46-27-25-40(39-21-12-6-13-22-39)33-43(46)44-34-42(26-28-47(44)51)49(3)29-14-7-15-30-49/h4-19,21-25,27,29,31-34,36,38H,20,26,28,30H2,1-3H3/b35-31+,41-32+/t36?,38-,49?/m0/s1. The summed E-state index contributed by atoms with van der Waals surface area (Å²) in [6, 6.07) is 35.0. The van der Waals surface area contributed by atoms with Crippen LogP contribution in [0.1, 0.15) is 62.5 Å². The van der Waals surface area contributed by atoms with Crippen LogP contribution in [0.5, 0.6) is 0 Å². The molecule has 0 radical (unpaired) electrons. The van der Waals surface area contributed by atoms with Gasteiger partial charge in [-0.1, -0.05) is 153 Å². The Kier molecular flexibility index (Phi) is 9.01. The van der Waals surface area contributed by atoms with Crippen LogP contribution in [0.2, 0.25) is 0 Å². The van der Waals surface area contributed by atoms with Crippen molar-refractivity contribution in [3.63, 3.8) is 0 Å². The summed E-state index contributed by atoms with van der Waals surface area (Å²) in [5, 5.41) is 1.29. The molecule has 2 heteroatoms. The molecule has 3 aromatic carbocycles. The highest BCUT2D eigenvalue weighted by Crippen LogP contribution is 2.45. The van der Waals surface area contributed by atoms with Crippen molar-refractivity contribution < 1.29 is 0 Å². The van der Waals surface area contributed by atoms with Gasteiger partial charge in [0.25, 0.3) is 0 Å². The molecular formula is C49H46N2. The lowest BCUT2D eigenvalue weighted by molar-refractivity contribution is 0.496. The second-order valence-electron chi connectivity index (χ2n) is 14.6. The average Bonchev–Trinajstić information content (AvgIpc) is 3.52. The smallest absolute Gasteiger partial charge is 0.138 e. The lowest BCUT2D eigenvalue weighted by Crippen LogP contribution is -2.20. The molecule has 0 bridgehead atoms. The van der Waals surface area contributed by atoms with Gasteiger partial charge in [0.05, 0.1) is 11.2 Å². The van der Waals surface area contributed by atoms with Gasteiger partial charge in [-0.05, 0) is 103 Å². The summed E-state index contributed by atoms with van der Waals surface area (Å²) >= 11 is 0. The normalized spacial score (nSPS) is 20.8. The van der Waals surface area contributed by atoms with E-state index in [1.165, 1.54) is 50.0 Å². The molecule has 0 saturated carbocycles. The van der Waals surface area contributed by atoms with Crippen LogP contribution >= 0.6 is 0 Å². The first-order chi connectivity index (χ1) is 25.0. The summed E-state index contributed by atoms with van der Waals surface area (Å²) in [6.07, 6.45) is 29.4. The fourth-order valence-corrected chi connectivity index (χ4v) is 8.09. The van der Waals surface area contributed by atoms with Gasteiger partial charge in [-0.25, -0.2) is 4.98 Å². The second kappa shape index (κ2) is 14.0. The molecule has 0 saturated heterocycles. The predicted octanol–water partition coefficient (Wildman–Crippen LogP) is 12.8. The van der Waals surface area contributed by atoms with Crippen molar-refractivity contribution in [2.75, 3.05) is 0 Å². The maximum atomic E-state index is 5.50. The molecule has 0 amide bonds. The summed E-state index contributed by atoms with van der Waals surface area (Å²) in [6.45, 7) is 6.94. The van der Waals surface area contributed by atoms with E-state index in [0.717, 1.165) is 42.8 Å². The van der Waals surface area contributed by atoms with E-state index in [4.69, 9.17) is 4.98 Å². The molecule has 3 aliphatic carbocycles. The highest BCUT2D eigenvalue weighted by Gasteiger charge is 2.31. The van der Waals surface area contributed by atoms with Gasteiger partial charge in [0, 0.05) is 22.1 Å². The van der Waals surface area contributed by atoms with E-state index in [2.05, 4.69) is 189 Å². The zero-order chi connectivity index (χ0) is 34.8. The van der Waals surface area contributed by atoms with Crippen molar-refractivity contribution in [3.8, 4) is 16.9 Å². The van der Waals surface area contributed by atoms with Crippen LogP contribution in [0.4, 0.5) is 0 Å². The van der Waals surface area contributed by atoms with Crippen molar-refractivity contribution in [3.05, 3.63) is 186 Å². The topological polar surface area (TPSA) is 17.8 Å². The Morgan fingerprint density at radius 3 is 2.41 bits per heavy atom. The molecule has 252 valence electrons. The SMILES string of the molecule is C/C(=C\C(=C/C(C)[C@H]1C=CC=CC1)c1cccc(-n2c3c(c4cc(-c5ccccc5)ccc42)C=C(C2(C)C=CC=CC2)CC3)n1)c1ccccc1. The number of pyridine rings is 1. The second-order valence-corrected chi connectivity index (χ2v) is 14.6. The molecule has 5 aromatic rings. The van der Waals surface area contributed by atoms with Crippen LogP contribution in [0, 0.1) is 17.3 Å². The number of nitrogens with zero attached hydrogens (tertiary/aromatic N) is 2. The van der Waals surface area contributed by atoms with Crippen molar-refractivity contribution in [1.82, 2.24) is 9.55 Å². The van der Waals surface area contributed by atoms with Crippen molar-refractivity contribution in [2.24, 2.45) is 17.3 Å². The summed E-state index contributed by atoms with van der Waals surface area (Å²) in [5.74, 6) is 1.80. The Balaban J connectivity index is 1.28. The maximum Gasteiger partial charge on any atom is 0.138 e. The highest BCUT2D eigenvalue weighted by atomic mass is 15.1. The lowest BCUT2D eigenvalue weighted by Gasteiger charge is -2.32. The Labute approximate surface area is 303 Å². The largest absolute Gasteiger partial charge is 0.298 e. The predicted molar refractivity (Wildman–Crippen MR) is 217 cm³/mol. The molecule has 8 rings (SSSR count). The van der Waals surface area contributed by atoms with Gasteiger partial charge in [-0.15, -0.1) is 0 Å². The van der Waals surface area contributed by atoms with Crippen LogP contribution in [-0.4, -0.2) is 9.55 Å². The van der Waals surface area contributed by atoms with Gasteiger partial charge in [0.2, 0.25) is 0 Å². The lowest BCUT2D eigenvalue weighted by atomic mass is 9.73. The van der Waals surface area contributed by atoms with E-state index in [1.807, 2.05) is 0 Å². The van der Waals surface area contributed by atoms with Crippen LogP contribution in [0.25, 0.3) is 45.1 Å². The van der Waals surface area contributed by atoms with E-state index in [-0.39, 0.29) is 5.41 Å². The fourth-order valence-electron chi connectivity index (χ4n) is 8.09. The summed E-state index contributed by atoms with van der Waals surface area (Å²) in [5.41, 5.74) is 12.5. The van der Waals surface area contributed by atoms with Gasteiger partial charge in [-0.2, -0.15) is 0 Å². The van der Waals surface area contributed by atoms with Gasteiger partial charge in [0.1, 0.15) is 5.82 Å². The Morgan fingerprint density at radius 1 is 0.843 bits per heavy atom. The third kappa shape index (κ3) is 6.59. The molecular weight excluding hydrogens is 617 g/mol. The molecule has 3 atom stereocenters. The molecule has 2 unspecified atom stereocenters. The molecule has 2 nitrogen and oxygen atoms in total. The van der Waals surface area contributed by atoms with Crippen LogP contribution < -0.4 is 0 Å². The Bertz CT molecular complexity index is 2290. The van der Waals surface area contributed by atoms with E-state index >= 15 is 0 Å². The van der Waals surface area contributed by atoms with Gasteiger partial charge < -0.3 is 0 Å². The summed E-state index contributed by atoms with van der Waals surface area (Å²) in [4.78, 5) is 5.50. The van der Waals surface area contributed by atoms with E-state index in [0.29, 0.717) is 11.8 Å². The minimum absolute atomic E-state index is 0.0404. The molecule has 2 aromatic heterocycles. The molecule has 0 fully saturated rings. The monoisotopic (exact) mass is 662 g/mol. The fraction of sp³-hybridized carbons (Fsp3) is 0.204. The quantitative estimate of drug-likeness (QED) is 0.151. The van der Waals surface area contributed by atoms with E-state index in [9.17, 15) is 0 Å². The van der Waals surface area contributed by atoms with Crippen LogP contribution in [0.3, 0.4) is 0 Å². The maximum absolute atomic E-state index is 5.50. The number of rotatable bonds is 8. The van der Waals surface area contributed by atoms with E-state index < -0.39 is 0 Å². The zero-order valence-corrected chi connectivity index (χ0v) is 30.0. The molecule has 0 spiro atoms. The number of benzene rings is 3. The first kappa shape index (κ1) is 32.7. The van der Waals surface area contributed by atoms with Crippen LogP contribution in [-0.2, 0) is 6.42 Å². The first-order valence-electron chi connectivity index (χ1n) is 18.5. The minimum atomic E-state index is 0.0404. The van der Waals surface area contributed by atoms with Crippen LogP contribution in [0.15, 0.2) is 163 Å². The van der Waals surface area contributed by atoms with E-state index in [1.54, 1.807) is 0 Å². The molecule has 0 aliphatic heterocycles. The van der Waals surface area contributed by atoms with Crippen molar-refractivity contribution >= 4 is 28.1 Å². The minimum Gasteiger partial charge on any atom is -0.298 e. The first-order valence-corrected chi connectivity index (χ1v) is 18.5. The number of hydrogen-bond acceptors (Lipinski definition) is 1. The molecule has 2 heterocycles. The Hall–Kier alpha value is -5.47. The molecule has 3 aliphatic rings. The number of hydrogen-bond donors (Lipinski definition) is 0. The van der Waals surface area contributed by atoms with Gasteiger partial charge >= 0.3 is 0 Å². The third-order valence-electron chi connectivity index (χ3n) is 11.1. The molecule has 51 heavy (non-hydrogen) atoms.